The van der Waals surface area contributed by atoms with Gasteiger partial charge in [0.1, 0.15) is 69.7 Å². The highest BCUT2D eigenvalue weighted by Gasteiger charge is 2.20. The highest BCUT2D eigenvalue weighted by molar-refractivity contribution is 14.1. The van der Waals surface area contributed by atoms with Gasteiger partial charge in [-0.25, -0.2) is 15.0 Å². The molecule has 3 rings (SSSR count). The number of nitrogens with one attached hydrogen (secondary N) is 1. The van der Waals surface area contributed by atoms with Crippen molar-refractivity contribution in [2.24, 2.45) is 11.7 Å². The molecule has 52 heteroatoms. The fourth-order valence-electron chi connectivity index (χ4n) is 9.27. The minimum atomic E-state index is -0.236. The Morgan fingerprint density at radius 3 is 0.917 bits per heavy atom. The number of nitrogen functional groups attached to an aromatic ring is 2. The quantitative estimate of drug-likeness (QED) is 0.00850. The highest BCUT2D eigenvalue weighted by atomic mass is 127. The molecule has 0 radical (unpaired) electrons. The summed E-state index contributed by atoms with van der Waals surface area (Å²) in [7, 11) is 9.36. The molecule has 0 aliphatic rings. The number of methoxy groups -OCH3 is 2. The molecular weight excluding hydrogens is 2980 g/mol. The molecule has 0 aromatic carbocycles. The number of alkyl halides is 7. The monoisotopic (exact) mass is 3130 g/mol. The molecule has 0 atom stereocenters. The fraction of sp³-hybridized carbons (Fsp3) is 0.787. The third-order valence-corrected chi connectivity index (χ3v) is 20.6. The number of nitrogens with two attached hydrogens (primary N) is 3. The van der Waals surface area contributed by atoms with Gasteiger partial charge in [0.2, 0.25) is 11.9 Å². The molecule has 0 spiro atoms. The highest BCUT2D eigenvalue weighted by Crippen LogP contribution is 2.15. The van der Waals surface area contributed by atoms with Crippen LogP contribution in [-0.2, 0) is 133 Å². The van der Waals surface area contributed by atoms with E-state index in [0.29, 0.717) is 214 Å². The van der Waals surface area contributed by atoms with Gasteiger partial charge >= 0.3 is 53.8 Å². The molecule has 0 amide bonds. The number of ether oxygens (including phenoxy) is 19. The average Bonchev–Trinajstić information content (AvgIpc) is 0.806. The molecule has 0 aliphatic carbocycles. The minimum absolute atomic E-state index is 0. The Kier molecular flexibility index (Phi) is 122. The van der Waals surface area contributed by atoms with Crippen LogP contribution < -0.4 is 98.6 Å². The zero-order valence-electron chi connectivity index (χ0n) is 78.0. The van der Waals surface area contributed by atoms with Crippen molar-refractivity contribution in [3.8, 4) is 12.0 Å². The Hall–Kier alpha value is -0.460. The number of nitrogens with zero attached hydrogens (tertiary/aromatic N) is 11. The number of likely N-dealkylation sites (N-methyl/N-ethyl adjacent to an activating group) is 1. The molecule has 0 aliphatic heterocycles. The van der Waals surface area contributed by atoms with Gasteiger partial charge in [0.15, 0.2) is 0 Å². The van der Waals surface area contributed by atoms with E-state index in [1.54, 1.807) is 0 Å². The van der Waals surface area contributed by atoms with E-state index >= 15 is 0 Å². The summed E-state index contributed by atoms with van der Waals surface area (Å²) >= 11 is 13.8. The molecule has 0 bridgehead atoms. The zero-order valence-corrected chi connectivity index (χ0v) is 102. The predicted molar refractivity (Wildman–Crippen MR) is 558 cm³/mol. The molecule has 3 aromatic rings. The van der Waals surface area contributed by atoms with Crippen LogP contribution in [0, 0.1) is 11.3 Å². The smallest absolute Gasteiger partial charge is 0.322 e. The number of carbonyl (C=O) groups excluding carboxylic acids is 7. The Labute approximate surface area is 945 Å². The molecule has 0 saturated heterocycles. The molecule has 3 aromatic heterocycles. The summed E-state index contributed by atoms with van der Waals surface area (Å²) in [5, 5.41) is 6.99. The van der Waals surface area contributed by atoms with Crippen LogP contribution >= 0.6 is 182 Å². The van der Waals surface area contributed by atoms with Crippen molar-refractivity contribution in [3.05, 3.63) is 30.1 Å². The van der Waals surface area contributed by atoms with Gasteiger partial charge in [-0.15, -0.1) is 29.0 Å². The zero-order chi connectivity index (χ0) is 96.2. The first-order valence-electron chi connectivity index (χ1n) is 42.1. The first kappa shape index (κ1) is 147. The van der Waals surface area contributed by atoms with Crippen LogP contribution in [0.15, 0.2) is 12.7 Å². The number of aromatic nitrogens is 9. The van der Waals surface area contributed by atoms with E-state index in [2.05, 4.69) is 101 Å². The van der Waals surface area contributed by atoms with Gasteiger partial charge in [-0.1, -0.05) is 185 Å². The van der Waals surface area contributed by atoms with Crippen LogP contribution in [0.25, 0.3) is 0 Å². The van der Waals surface area contributed by atoms with E-state index in [1.165, 1.54) is 46.1 Å². The summed E-state index contributed by atoms with van der Waals surface area (Å²) in [6, 6.07) is 0.462. The molecule has 41 nitrogen and oxygen atoms in total. The Morgan fingerprint density at radius 2 is 0.629 bits per heavy atom. The second-order valence-electron chi connectivity index (χ2n) is 27.0. The van der Waals surface area contributed by atoms with E-state index in [9.17, 15) is 33.6 Å². The standard InChI is InChI=1S/C14H22IN3O6.C12H20IN5O4.C12H18IN3O4.C11H23INO4.C11H23INO2.C10H19IN2O4.C10H19IO2.4HI/c1-20-13-16-11(17-14(18-13)21-2)4-3-5-22-6-7-23-8-9-24-12(19)10-15;13-8-10(19)22-7-6-21-5-4-20-3-1-2-9-16-11(14)18-12(15)17-9;13-8-12(17)20-7-6-19-5-4-18-3-1-2-11-15-9-14-10-16-11;1-13(2,3)4-5-15-6-7-16-8-9-17-11(14)10-12;1-4-13(5-2,6-3)8-7-9-15-11(14)10-12;11-8-10(14)17-7-6-16-5-4-15-3-1-2-9(12)13;1-3-9(4-2)6-5-7-13-10(12)8-11;;;;/h3-10H2,1-2H3;1-8H2,(H4,14,15,16,17,18);9-10H,1-8H2;4-10H2,1-3H3;4-10H2,1-3H3;1-8H2,(H3,12,13);9H,3-8H2,1-2H3;4*1H/q;;;2*+1;;;;;;/p-3. The maximum absolute atomic E-state index is 10.9. The lowest BCUT2D eigenvalue weighted by Crippen LogP contribution is -3.00. The SMILES string of the molecule is CCC(CC)CCCOC(=O)CI.CC[N+](CC)(CC)CCCOC(=O)CI.COc1nc(CCCOCCOCCOC(=O)CI)nc(OC)n1.C[N+](C)(C)CCOCCOCCOC(=O)CI.I.N=C(N)CCCOCCOCCOC(=O)CI.Nc1nc(N)nc(CCCOCCOCCOC(=O)CI)n1.O=C(CI)OCCOCCOCCCc1ncncn1.[I-].[I-].[I-]. The van der Waals surface area contributed by atoms with Crippen LogP contribution in [0.4, 0.5) is 11.9 Å². The number of hydrogen-bond donors (Lipinski definition) is 4. The van der Waals surface area contributed by atoms with E-state index in [1.807, 2.05) is 158 Å². The summed E-state index contributed by atoms with van der Waals surface area (Å²) in [6.07, 6.45) is 14.3. The lowest BCUT2D eigenvalue weighted by atomic mass is 9.98. The number of rotatable bonds is 71. The maximum Gasteiger partial charge on any atom is 0.322 e. The molecule has 0 saturated carbocycles. The predicted octanol–water partition coefficient (Wildman–Crippen LogP) is 0.0886. The van der Waals surface area contributed by atoms with Crippen molar-refractivity contribution < 1.29 is 204 Å². The molecule has 0 fully saturated rings. The number of anilines is 2. The Balaban J connectivity index is -0.000000227. The van der Waals surface area contributed by atoms with Crippen LogP contribution in [-0.4, -0.2) is 379 Å². The van der Waals surface area contributed by atoms with Gasteiger partial charge in [-0.05, 0) is 65.2 Å². The molecule has 774 valence electrons. The van der Waals surface area contributed by atoms with Crippen LogP contribution in [0.1, 0.15) is 116 Å². The topological polar surface area (TPSA) is 513 Å². The van der Waals surface area contributed by atoms with Gasteiger partial charge in [-0.2, -0.15) is 24.9 Å². The summed E-state index contributed by atoms with van der Waals surface area (Å²) in [5.74, 6) is 1.85. The van der Waals surface area contributed by atoms with Gasteiger partial charge in [-0.3, -0.25) is 39.0 Å². The lowest BCUT2D eigenvalue weighted by Gasteiger charge is -2.35. The normalized spacial score (nSPS) is 10.4. The number of aryl methyl sites for hydroxylation is 3. The molecule has 3 heterocycles. The van der Waals surface area contributed by atoms with E-state index < -0.39 is 0 Å². The van der Waals surface area contributed by atoms with Crippen molar-refractivity contribution in [1.29, 1.82) is 5.41 Å². The first-order valence-corrected chi connectivity index (χ1v) is 52.8. The van der Waals surface area contributed by atoms with Gasteiger partial charge in [0.25, 0.3) is 0 Å². The number of halogens is 11. The van der Waals surface area contributed by atoms with E-state index in [-0.39, 0.29) is 187 Å². The Bertz CT molecular complexity index is 3140. The van der Waals surface area contributed by atoms with Crippen LogP contribution in [0.5, 0.6) is 12.0 Å². The first-order chi connectivity index (χ1) is 61.6. The third-order valence-electron chi connectivity index (χ3n) is 16.3. The van der Waals surface area contributed by atoms with E-state index in [0.717, 1.165) is 105 Å². The third kappa shape index (κ3) is 105. The number of esters is 7. The van der Waals surface area contributed by atoms with Crippen LogP contribution in [0.3, 0.4) is 0 Å². The minimum Gasteiger partial charge on any atom is -1.00 e. The molecule has 132 heavy (non-hydrogen) atoms. The van der Waals surface area contributed by atoms with Crippen molar-refractivity contribution >= 4 is 242 Å². The summed E-state index contributed by atoms with van der Waals surface area (Å²) in [5.41, 5.74) is 16.1. The summed E-state index contributed by atoms with van der Waals surface area (Å²) < 4.78 is 102. The summed E-state index contributed by atoms with van der Waals surface area (Å²) in [4.78, 5) is 111. The van der Waals surface area contributed by atoms with Gasteiger partial charge in [0.05, 0.1) is 217 Å². The van der Waals surface area contributed by atoms with Gasteiger partial charge in [0, 0.05) is 58.5 Å². The molecule has 0 unspecified atom stereocenters. The molecular formula is C80H145I11N15O26-. The molecule has 7 N–H and O–H groups in total. The number of quaternary nitrogens is 2. The van der Waals surface area contributed by atoms with Crippen molar-refractivity contribution in [2.45, 2.75) is 118 Å². The van der Waals surface area contributed by atoms with Crippen LogP contribution in [0.2, 0.25) is 0 Å². The van der Waals surface area contributed by atoms with E-state index in [4.69, 9.17) is 113 Å². The average molecular weight is 3130 g/mol. The van der Waals surface area contributed by atoms with Crippen molar-refractivity contribution in [2.75, 3.05) is 289 Å². The lowest BCUT2D eigenvalue weighted by molar-refractivity contribution is -0.923. The van der Waals surface area contributed by atoms with Crippen molar-refractivity contribution in [1.82, 2.24) is 44.9 Å². The van der Waals surface area contributed by atoms with Crippen molar-refractivity contribution in [3.63, 3.8) is 0 Å². The second-order valence-corrected chi connectivity index (χ2v) is 32.3. The second kappa shape index (κ2) is 109. The fourth-order valence-corrected chi connectivity index (χ4v) is 10.8. The largest absolute Gasteiger partial charge is 1.00 e. The number of hydrogen-bond acceptors (Lipinski definition) is 38. The Morgan fingerprint density at radius 1 is 0.356 bits per heavy atom. The summed E-state index contributed by atoms with van der Waals surface area (Å²) in [6.45, 7) is 29.3. The number of amidine groups is 1. The number of carbonyl (C=O) groups is 7. The van der Waals surface area contributed by atoms with Gasteiger partial charge < -0.3 is 188 Å². The maximum atomic E-state index is 10.9.